The third-order valence-corrected chi connectivity index (χ3v) is 5.72. The molecule has 1 saturated heterocycles. The fourth-order valence-corrected chi connectivity index (χ4v) is 4.04. The summed E-state index contributed by atoms with van der Waals surface area (Å²) in [7, 11) is 5.77. The average molecular weight is 396 g/mol. The second-order valence-electron chi connectivity index (χ2n) is 7.57. The molecule has 1 aromatic heterocycles. The maximum absolute atomic E-state index is 12.7. The summed E-state index contributed by atoms with van der Waals surface area (Å²) in [5.41, 5.74) is 2.47. The number of likely N-dealkylation sites (N-methyl/N-ethyl adjacent to an activating group) is 1. The predicted molar refractivity (Wildman–Crippen MR) is 114 cm³/mol. The highest BCUT2D eigenvalue weighted by atomic mass is 16.2. The SMILES string of the molecule is C=CC(=O)N(C)c1ccc(C(=O)NC[C@@H]2CCCN(C)[C@H]2c2ccnn2C)cc1. The molecule has 0 unspecified atom stereocenters. The molecule has 1 aliphatic rings. The average Bonchev–Trinajstić information content (AvgIpc) is 3.16. The highest BCUT2D eigenvalue weighted by Gasteiger charge is 2.32. The van der Waals surface area contributed by atoms with Crippen LogP contribution in [-0.2, 0) is 11.8 Å². The van der Waals surface area contributed by atoms with E-state index in [9.17, 15) is 9.59 Å². The molecule has 1 aliphatic heterocycles. The third-order valence-electron chi connectivity index (χ3n) is 5.72. The van der Waals surface area contributed by atoms with Crippen LogP contribution in [0.4, 0.5) is 5.69 Å². The van der Waals surface area contributed by atoms with Gasteiger partial charge in [-0.15, -0.1) is 0 Å². The number of carbonyl (C=O) groups excluding carboxylic acids is 2. The number of rotatable bonds is 6. The molecule has 1 fully saturated rings. The van der Waals surface area contributed by atoms with Crippen LogP contribution in [-0.4, -0.2) is 53.7 Å². The van der Waals surface area contributed by atoms with Crippen LogP contribution in [0.15, 0.2) is 49.2 Å². The molecule has 1 aromatic carbocycles. The lowest BCUT2D eigenvalue weighted by atomic mass is 9.87. The van der Waals surface area contributed by atoms with Crippen molar-refractivity contribution >= 4 is 17.5 Å². The van der Waals surface area contributed by atoms with Crippen LogP contribution in [0.5, 0.6) is 0 Å². The Hall–Kier alpha value is -2.93. The smallest absolute Gasteiger partial charge is 0.251 e. The monoisotopic (exact) mass is 395 g/mol. The minimum Gasteiger partial charge on any atom is -0.352 e. The van der Waals surface area contributed by atoms with E-state index >= 15 is 0 Å². The lowest BCUT2D eigenvalue weighted by Gasteiger charge is -2.39. The number of nitrogens with zero attached hydrogens (tertiary/aromatic N) is 4. The van der Waals surface area contributed by atoms with E-state index in [0.717, 1.165) is 25.1 Å². The number of piperidine rings is 1. The molecule has 7 heteroatoms. The second-order valence-corrected chi connectivity index (χ2v) is 7.57. The minimum atomic E-state index is -0.190. The number of aromatic nitrogens is 2. The van der Waals surface area contributed by atoms with Gasteiger partial charge in [0.1, 0.15) is 0 Å². The van der Waals surface area contributed by atoms with E-state index in [1.54, 1.807) is 31.3 Å². The van der Waals surface area contributed by atoms with Crippen molar-refractivity contribution in [2.45, 2.75) is 18.9 Å². The number of carbonyl (C=O) groups is 2. The number of nitrogens with one attached hydrogen (secondary N) is 1. The highest BCUT2D eigenvalue weighted by molar-refractivity contribution is 6.01. The summed E-state index contributed by atoms with van der Waals surface area (Å²) >= 11 is 0. The van der Waals surface area contributed by atoms with Crippen molar-refractivity contribution in [2.24, 2.45) is 13.0 Å². The Bertz CT molecular complexity index is 874. The Morgan fingerprint density at radius 1 is 1.28 bits per heavy atom. The van der Waals surface area contributed by atoms with Crippen molar-refractivity contribution in [1.82, 2.24) is 20.0 Å². The summed E-state index contributed by atoms with van der Waals surface area (Å²) in [6.45, 7) is 5.14. The summed E-state index contributed by atoms with van der Waals surface area (Å²) in [6, 6.07) is 9.30. The van der Waals surface area contributed by atoms with Crippen LogP contribution in [0.3, 0.4) is 0 Å². The summed E-state index contributed by atoms with van der Waals surface area (Å²) < 4.78 is 1.92. The molecule has 29 heavy (non-hydrogen) atoms. The number of hydrogen-bond acceptors (Lipinski definition) is 4. The summed E-state index contributed by atoms with van der Waals surface area (Å²) in [5, 5.41) is 7.40. The molecular weight excluding hydrogens is 366 g/mol. The number of amides is 2. The van der Waals surface area contributed by atoms with Crippen LogP contribution in [0.25, 0.3) is 0 Å². The van der Waals surface area contributed by atoms with E-state index in [1.807, 2.05) is 17.9 Å². The lowest BCUT2D eigenvalue weighted by Crippen LogP contribution is -2.42. The third kappa shape index (κ3) is 4.56. The van der Waals surface area contributed by atoms with Gasteiger partial charge in [-0.25, -0.2) is 0 Å². The number of anilines is 1. The molecule has 7 nitrogen and oxygen atoms in total. The van der Waals surface area contributed by atoms with Gasteiger partial charge < -0.3 is 10.2 Å². The van der Waals surface area contributed by atoms with E-state index in [-0.39, 0.29) is 17.9 Å². The molecule has 0 saturated carbocycles. The number of aryl methyl sites for hydroxylation is 1. The zero-order chi connectivity index (χ0) is 21.0. The quantitative estimate of drug-likeness (QED) is 0.763. The molecule has 0 radical (unpaired) electrons. The highest BCUT2D eigenvalue weighted by Crippen LogP contribution is 2.34. The first-order chi connectivity index (χ1) is 13.9. The van der Waals surface area contributed by atoms with E-state index in [0.29, 0.717) is 18.0 Å². The van der Waals surface area contributed by atoms with Crippen molar-refractivity contribution in [3.63, 3.8) is 0 Å². The Balaban J connectivity index is 1.65. The zero-order valence-electron chi connectivity index (χ0n) is 17.3. The first-order valence-corrected chi connectivity index (χ1v) is 9.89. The summed E-state index contributed by atoms with van der Waals surface area (Å²) in [5.74, 6) is 0.0276. The van der Waals surface area contributed by atoms with Gasteiger partial charge in [-0.3, -0.25) is 19.2 Å². The van der Waals surface area contributed by atoms with Gasteiger partial charge in [0.15, 0.2) is 0 Å². The van der Waals surface area contributed by atoms with Gasteiger partial charge in [0, 0.05) is 38.1 Å². The maximum Gasteiger partial charge on any atom is 0.251 e. The standard InChI is InChI=1S/C22H29N5O2/c1-5-20(28)26(3)18-10-8-16(9-11-18)22(29)23-15-17-7-6-14-25(2)21(17)19-12-13-24-27(19)4/h5,8-13,17,21H,1,6-7,14-15H2,2-4H3,(H,23,29)/t17-,21+/m0/s1. The van der Waals surface area contributed by atoms with Gasteiger partial charge in [0.2, 0.25) is 5.91 Å². The first-order valence-electron chi connectivity index (χ1n) is 9.89. The van der Waals surface area contributed by atoms with E-state index in [1.165, 1.54) is 16.7 Å². The lowest BCUT2D eigenvalue weighted by molar-refractivity contribution is -0.113. The number of likely N-dealkylation sites (tertiary alicyclic amines) is 1. The van der Waals surface area contributed by atoms with Crippen molar-refractivity contribution < 1.29 is 9.59 Å². The van der Waals surface area contributed by atoms with E-state index in [2.05, 4.69) is 35.0 Å². The van der Waals surface area contributed by atoms with Gasteiger partial charge >= 0.3 is 0 Å². The van der Waals surface area contributed by atoms with Gasteiger partial charge in [0.25, 0.3) is 5.91 Å². The first kappa shape index (κ1) is 20.8. The molecule has 2 heterocycles. The van der Waals surface area contributed by atoms with Crippen LogP contribution in [0.2, 0.25) is 0 Å². The normalized spacial score (nSPS) is 19.6. The largest absolute Gasteiger partial charge is 0.352 e. The Labute approximate surface area is 172 Å². The zero-order valence-corrected chi connectivity index (χ0v) is 17.3. The minimum absolute atomic E-state index is 0.105. The Morgan fingerprint density at radius 3 is 2.62 bits per heavy atom. The second kappa shape index (κ2) is 9.05. The summed E-state index contributed by atoms with van der Waals surface area (Å²) in [6.07, 6.45) is 5.27. The number of benzene rings is 1. The van der Waals surface area contributed by atoms with Crippen LogP contribution < -0.4 is 10.2 Å². The van der Waals surface area contributed by atoms with Crippen LogP contribution in [0, 0.1) is 5.92 Å². The number of hydrogen-bond donors (Lipinski definition) is 1. The molecule has 2 aromatic rings. The Kier molecular flexibility index (Phi) is 6.49. The Morgan fingerprint density at radius 2 is 2.00 bits per heavy atom. The molecule has 0 bridgehead atoms. The van der Waals surface area contributed by atoms with Crippen molar-refractivity contribution in [2.75, 3.05) is 32.1 Å². The van der Waals surface area contributed by atoms with Crippen LogP contribution >= 0.6 is 0 Å². The van der Waals surface area contributed by atoms with Crippen molar-refractivity contribution in [1.29, 1.82) is 0 Å². The van der Waals surface area contributed by atoms with Gasteiger partial charge in [0.05, 0.1) is 11.7 Å². The van der Waals surface area contributed by atoms with E-state index in [4.69, 9.17) is 0 Å². The topological polar surface area (TPSA) is 70.5 Å². The molecule has 154 valence electrons. The molecule has 2 atom stereocenters. The summed E-state index contributed by atoms with van der Waals surface area (Å²) in [4.78, 5) is 28.2. The molecular formula is C22H29N5O2. The fraction of sp³-hybridized carbons (Fsp3) is 0.409. The maximum atomic E-state index is 12.7. The van der Waals surface area contributed by atoms with Crippen molar-refractivity contribution in [3.8, 4) is 0 Å². The molecule has 3 rings (SSSR count). The molecule has 0 aliphatic carbocycles. The molecule has 0 spiro atoms. The predicted octanol–water partition coefficient (Wildman–Crippen LogP) is 2.38. The van der Waals surface area contributed by atoms with Gasteiger partial charge in [-0.05, 0) is 68.8 Å². The van der Waals surface area contributed by atoms with Crippen LogP contribution in [0.1, 0.15) is 34.9 Å². The van der Waals surface area contributed by atoms with Gasteiger partial charge in [-0.1, -0.05) is 6.58 Å². The molecule has 2 amide bonds. The van der Waals surface area contributed by atoms with Gasteiger partial charge in [-0.2, -0.15) is 5.10 Å². The van der Waals surface area contributed by atoms with Crippen molar-refractivity contribution in [3.05, 3.63) is 60.4 Å². The molecule has 1 N–H and O–H groups in total. The fourth-order valence-electron chi connectivity index (χ4n) is 4.04. The van der Waals surface area contributed by atoms with E-state index < -0.39 is 0 Å².